The van der Waals surface area contributed by atoms with Crippen molar-refractivity contribution in [2.75, 3.05) is 11.9 Å². The fraction of sp³-hybridized carbons (Fsp3) is 0.500. The van der Waals surface area contributed by atoms with Gasteiger partial charge in [-0.15, -0.1) is 0 Å². The van der Waals surface area contributed by atoms with Crippen LogP contribution in [-0.4, -0.2) is 26.3 Å². The predicted molar refractivity (Wildman–Crippen MR) is 106 cm³/mol. The van der Waals surface area contributed by atoms with E-state index >= 15 is 0 Å². The summed E-state index contributed by atoms with van der Waals surface area (Å²) in [5.41, 5.74) is 2.15. The zero-order valence-corrected chi connectivity index (χ0v) is 16.3. The summed E-state index contributed by atoms with van der Waals surface area (Å²) in [6.07, 6.45) is 5.57. The molecule has 3 rings (SSSR count). The molecule has 0 spiro atoms. The van der Waals surface area contributed by atoms with E-state index in [2.05, 4.69) is 22.2 Å². The Morgan fingerprint density at radius 2 is 1.88 bits per heavy atom. The molecular weight excluding hydrogens is 348 g/mol. The number of benzene rings is 1. The number of hydrogen-bond acceptors (Lipinski definition) is 4. The van der Waals surface area contributed by atoms with Crippen LogP contribution < -0.4 is 10.0 Å². The highest BCUT2D eigenvalue weighted by atomic mass is 32.2. The first kappa shape index (κ1) is 19.0. The first-order valence-electron chi connectivity index (χ1n) is 9.33. The van der Waals surface area contributed by atoms with Crippen molar-refractivity contribution < 1.29 is 12.8 Å². The molecule has 2 N–H and O–H groups in total. The van der Waals surface area contributed by atoms with Gasteiger partial charge in [0.05, 0.1) is 11.5 Å². The van der Waals surface area contributed by atoms with E-state index in [9.17, 15) is 8.42 Å². The molecule has 0 saturated heterocycles. The summed E-state index contributed by atoms with van der Waals surface area (Å²) in [6, 6.07) is 12.2. The molecule has 26 heavy (non-hydrogen) atoms. The number of rotatable bonds is 7. The van der Waals surface area contributed by atoms with Crippen molar-refractivity contribution in [1.29, 1.82) is 0 Å². The van der Waals surface area contributed by atoms with Gasteiger partial charge >= 0.3 is 0 Å². The molecule has 0 amide bonds. The van der Waals surface area contributed by atoms with Crippen LogP contribution in [0.25, 0.3) is 11.3 Å². The summed E-state index contributed by atoms with van der Waals surface area (Å²) in [5, 5.41) is 3.15. The van der Waals surface area contributed by atoms with Crippen LogP contribution in [0.15, 0.2) is 47.1 Å². The largest absolute Gasteiger partial charge is 0.464 e. The van der Waals surface area contributed by atoms with Gasteiger partial charge in [-0.2, -0.15) is 0 Å². The molecule has 0 bridgehead atoms. The molecular formula is C20H28N2O3S. The smallest absolute Gasteiger partial charge is 0.214 e. The summed E-state index contributed by atoms with van der Waals surface area (Å²) in [4.78, 5) is 0. The van der Waals surface area contributed by atoms with Gasteiger partial charge in [0.1, 0.15) is 5.76 Å². The molecule has 0 unspecified atom stereocenters. The molecule has 1 fully saturated rings. The summed E-state index contributed by atoms with van der Waals surface area (Å²) < 4.78 is 32.3. The Morgan fingerprint density at radius 1 is 1.12 bits per heavy atom. The second kappa shape index (κ2) is 8.27. The van der Waals surface area contributed by atoms with E-state index in [1.807, 2.05) is 24.3 Å². The average Bonchev–Trinajstić information content (AvgIpc) is 3.16. The van der Waals surface area contributed by atoms with E-state index in [0.29, 0.717) is 5.92 Å². The Labute approximate surface area is 156 Å². The third kappa shape index (κ3) is 4.89. The number of nitrogens with one attached hydrogen (secondary N) is 2. The Bertz CT molecular complexity index is 792. The second-order valence-corrected chi connectivity index (χ2v) is 9.64. The number of hydrogen-bond donors (Lipinski definition) is 2. The van der Waals surface area contributed by atoms with Gasteiger partial charge in [-0.05, 0) is 69.7 Å². The maximum atomic E-state index is 12.0. The van der Waals surface area contributed by atoms with Crippen molar-refractivity contribution in [3.63, 3.8) is 0 Å². The Balaban J connectivity index is 1.48. The first-order chi connectivity index (χ1) is 12.4. The SMILES string of the molecule is CC(C)S(=O)(=O)N[C@H]1CC[C@H](CNc2cccc(-c3ccco3)c2)CC1. The van der Waals surface area contributed by atoms with Crippen molar-refractivity contribution >= 4 is 15.7 Å². The van der Waals surface area contributed by atoms with E-state index < -0.39 is 10.0 Å². The third-order valence-corrected chi connectivity index (χ3v) is 6.96. The maximum Gasteiger partial charge on any atom is 0.214 e. The summed E-state index contributed by atoms with van der Waals surface area (Å²) in [7, 11) is -3.17. The van der Waals surface area contributed by atoms with Gasteiger partial charge in [0.2, 0.25) is 10.0 Å². The fourth-order valence-corrected chi connectivity index (χ4v) is 4.31. The van der Waals surface area contributed by atoms with Crippen molar-refractivity contribution in [3.8, 4) is 11.3 Å². The molecule has 1 heterocycles. The highest BCUT2D eigenvalue weighted by Crippen LogP contribution is 2.27. The van der Waals surface area contributed by atoms with Crippen LogP contribution in [0.5, 0.6) is 0 Å². The zero-order valence-electron chi connectivity index (χ0n) is 15.4. The normalized spacial score (nSPS) is 21.0. The predicted octanol–water partition coefficient (Wildman–Crippen LogP) is 4.25. The van der Waals surface area contributed by atoms with Gasteiger partial charge in [-0.25, -0.2) is 13.1 Å². The lowest BCUT2D eigenvalue weighted by atomic mass is 9.86. The third-order valence-electron chi connectivity index (χ3n) is 5.06. The molecule has 1 aromatic carbocycles. The van der Waals surface area contributed by atoms with Crippen LogP contribution in [0.2, 0.25) is 0 Å². The molecule has 142 valence electrons. The number of sulfonamides is 1. The zero-order chi connectivity index (χ0) is 18.6. The number of anilines is 1. The minimum Gasteiger partial charge on any atom is -0.464 e. The lowest BCUT2D eigenvalue weighted by Crippen LogP contribution is -2.41. The molecule has 1 aliphatic rings. The monoisotopic (exact) mass is 376 g/mol. The Morgan fingerprint density at radius 3 is 2.54 bits per heavy atom. The van der Waals surface area contributed by atoms with Crippen molar-refractivity contribution in [2.45, 2.75) is 50.8 Å². The molecule has 0 radical (unpaired) electrons. The topological polar surface area (TPSA) is 71.3 Å². The molecule has 2 aromatic rings. The molecule has 5 nitrogen and oxygen atoms in total. The van der Waals surface area contributed by atoms with Crippen molar-refractivity contribution in [3.05, 3.63) is 42.7 Å². The molecule has 0 atom stereocenters. The van der Waals surface area contributed by atoms with E-state index in [1.165, 1.54) is 0 Å². The minimum atomic E-state index is -3.17. The minimum absolute atomic E-state index is 0.0842. The van der Waals surface area contributed by atoms with Gasteiger partial charge in [-0.1, -0.05) is 12.1 Å². The van der Waals surface area contributed by atoms with Crippen LogP contribution in [0.3, 0.4) is 0 Å². The first-order valence-corrected chi connectivity index (χ1v) is 10.9. The van der Waals surface area contributed by atoms with Gasteiger partial charge in [0.15, 0.2) is 0 Å². The summed E-state index contributed by atoms with van der Waals surface area (Å²) in [5.74, 6) is 1.44. The second-order valence-electron chi connectivity index (χ2n) is 7.37. The Kier molecular flexibility index (Phi) is 6.04. The van der Waals surface area contributed by atoms with Crippen LogP contribution in [0.4, 0.5) is 5.69 Å². The fourth-order valence-electron chi connectivity index (χ4n) is 3.34. The molecule has 1 aromatic heterocycles. The lowest BCUT2D eigenvalue weighted by molar-refractivity contribution is 0.323. The van der Waals surface area contributed by atoms with Crippen LogP contribution in [-0.2, 0) is 10.0 Å². The maximum absolute atomic E-state index is 12.0. The van der Waals surface area contributed by atoms with E-state index in [4.69, 9.17) is 4.42 Å². The lowest BCUT2D eigenvalue weighted by Gasteiger charge is -2.29. The van der Waals surface area contributed by atoms with E-state index in [-0.39, 0.29) is 11.3 Å². The van der Waals surface area contributed by atoms with Crippen molar-refractivity contribution in [2.24, 2.45) is 5.92 Å². The van der Waals surface area contributed by atoms with Crippen molar-refractivity contribution in [1.82, 2.24) is 4.72 Å². The van der Waals surface area contributed by atoms with Crippen LogP contribution >= 0.6 is 0 Å². The van der Waals surface area contributed by atoms with Crippen LogP contribution in [0, 0.1) is 5.92 Å². The van der Waals surface area contributed by atoms with Gasteiger partial charge < -0.3 is 9.73 Å². The molecule has 0 aliphatic heterocycles. The highest BCUT2D eigenvalue weighted by molar-refractivity contribution is 7.90. The van der Waals surface area contributed by atoms with E-state index in [0.717, 1.165) is 49.2 Å². The van der Waals surface area contributed by atoms with Gasteiger partial charge in [0, 0.05) is 23.8 Å². The number of furan rings is 1. The van der Waals surface area contributed by atoms with E-state index in [1.54, 1.807) is 20.1 Å². The van der Waals surface area contributed by atoms with Gasteiger partial charge in [-0.3, -0.25) is 0 Å². The molecule has 6 heteroatoms. The van der Waals surface area contributed by atoms with Crippen LogP contribution in [0.1, 0.15) is 39.5 Å². The highest BCUT2D eigenvalue weighted by Gasteiger charge is 2.26. The average molecular weight is 377 g/mol. The standard InChI is InChI=1S/C20H28N2O3S/c1-15(2)26(23,24)22-18-10-8-16(9-11-18)14-21-19-6-3-5-17(13-19)20-7-4-12-25-20/h3-7,12-13,15-16,18,21-22H,8-11,14H2,1-2H3/t16-,18-. The molecule has 1 saturated carbocycles. The molecule has 1 aliphatic carbocycles. The summed E-state index contributed by atoms with van der Waals surface area (Å²) in [6.45, 7) is 4.34. The van der Waals surface area contributed by atoms with Gasteiger partial charge in [0.25, 0.3) is 0 Å². The Hall–Kier alpha value is -1.79. The summed E-state index contributed by atoms with van der Waals surface area (Å²) >= 11 is 0. The quantitative estimate of drug-likeness (QED) is 0.758.